The Hall–Kier alpha value is -2.07. The zero-order valence-electron chi connectivity index (χ0n) is 10.8. The van der Waals surface area contributed by atoms with Gasteiger partial charge in [-0.3, -0.25) is 4.98 Å². The summed E-state index contributed by atoms with van der Waals surface area (Å²) in [6, 6.07) is 14.1. The molecule has 0 atom stereocenters. The van der Waals surface area contributed by atoms with Crippen LogP contribution in [0.2, 0.25) is 0 Å². The van der Waals surface area contributed by atoms with Crippen molar-refractivity contribution in [2.75, 3.05) is 11.1 Å². The maximum absolute atomic E-state index is 5.99. The molecule has 0 radical (unpaired) electrons. The molecule has 3 rings (SSSR count). The summed E-state index contributed by atoms with van der Waals surface area (Å²) in [5.41, 5.74) is 9.03. The van der Waals surface area contributed by atoms with Crippen LogP contribution in [0.3, 0.4) is 0 Å². The molecule has 0 saturated carbocycles. The zero-order valence-corrected chi connectivity index (χ0v) is 12.4. The van der Waals surface area contributed by atoms with Crippen LogP contribution in [-0.2, 0) is 6.54 Å². The van der Waals surface area contributed by atoms with Crippen molar-refractivity contribution in [2.45, 2.75) is 6.54 Å². The molecule has 0 amide bonds. The second-order valence-electron chi connectivity index (χ2n) is 4.60. The smallest absolute Gasteiger partial charge is 0.0439 e. The molecule has 1 aromatic heterocycles. The molecule has 4 heteroatoms. The SMILES string of the molecule is Nc1ccc(NCc2ccc(Br)cc2)c2cnccc12. The lowest BCUT2D eigenvalue weighted by Gasteiger charge is -2.11. The highest BCUT2D eigenvalue weighted by Crippen LogP contribution is 2.27. The Kier molecular flexibility index (Phi) is 3.56. The van der Waals surface area contributed by atoms with E-state index in [9.17, 15) is 0 Å². The number of nitrogens with one attached hydrogen (secondary N) is 1. The molecule has 0 spiro atoms. The van der Waals surface area contributed by atoms with Crippen molar-refractivity contribution in [3.8, 4) is 0 Å². The third kappa shape index (κ3) is 2.60. The van der Waals surface area contributed by atoms with E-state index in [2.05, 4.69) is 38.4 Å². The van der Waals surface area contributed by atoms with Gasteiger partial charge in [0.05, 0.1) is 0 Å². The van der Waals surface area contributed by atoms with Crippen LogP contribution in [0.1, 0.15) is 5.56 Å². The van der Waals surface area contributed by atoms with E-state index in [0.717, 1.165) is 33.2 Å². The van der Waals surface area contributed by atoms with E-state index in [1.54, 1.807) is 6.20 Å². The van der Waals surface area contributed by atoms with Gasteiger partial charge in [-0.2, -0.15) is 0 Å². The summed E-state index contributed by atoms with van der Waals surface area (Å²) in [5.74, 6) is 0. The van der Waals surface area contributed by atoms with Gasteiger partial charge in [0.15, 0.2) is 0 Å². The van der Waals surface area contributed by atoms with Crippen LogP contribution in [0, 0.1) is 0 Å². The largest absolute Gasteiger partial charge is 0.398 e. The molecule has 3 N–H and O–H groups in total. The van der Waals surface area contributed by atoms with E-state index in [4.69, 9.17) is 5.73 Å². The number of fused-ring (bicyclic) bond motifs is 1. The minimum absolute atomic E-state index is 0.765. The molecule has 20 heavy (non-hydrogen) atoms. The first kappa shape index (κ1) is 12.9. The highest BCUT2D eigenvalue weighted by molar-refractivity contribution is 9.10. The van der Waals surface area contributed by atoms with Crippen LogP contribution in [0.15, 0.2) is 59.3 Å². The highest BCUT2D eigenvalue weighted by atomic mass is 79.9. The van der Waals surface area contributed by atoms with Crippen molar-refractivity contribution in [3.63, 3.8) is 0 Å². The van der Waals surface area contributed by atoms with Gasteiger partial charge in [0.2, 0.25) is 0 Å². The monoisotopic (exact) mass is 327 g/mol. The van der Waals surface area contributed by atoms with Gasteiger partial charge in [0.25, 0.3) is 0 Å². The zero-order chi connectivity index (χ0) is 13.9. The van der Waals surface area contributed by atoms with Crippen LogP contribution in [0.5, 0.6) is 0 Å². The number of pyridine rings is 1. The lowest BCUT2D eigenvalue weighted by atomic mass is 10.1. The van der Waals surface area contributed by atoms with Crippen molar-refractivity contribution in [2.24, 2.45) is 0 Å². The second kappa shape index (κ2) is 5.51. The van der Waals surface area contributed by atoms with Crippen LogP contribution >= 0.6 is 15.9 Å². The maximum atomic E-state index is 5.99. The first-order valence-electron chi connectivity index (χ1n) is 6.34. The van der Waals surface area contributed by atoms with Crippen molar-refractivity contribution < 1.29 is 0 Å². The van der Waals surface area contributed by atoms with E-state index >= 15 is 0 Å². The molecular formula is C16H14BrN3. The Bertz CT molecular complexity index is 738. The third-order valence-electron chi connectivity index (χ3n) is 3.25. The topological polar surface area (TPSA) is 50.9 Å². The van der Waals surface area contributed by atoms with Gasteiger partial charge in [-0.15, -0.1) is 0 Å². The number of nitrogens with two attached hydrogens (primary N) is 1. The minimum atomic E-state index is 0.765. The number of rotatable bonds is 3. The summed E-state index contributed by atoms with van der Waals surface area (Å²) in [7, 11) is 0. The Morgan fingerprint density at radius 3 is 2.60 bits per heavy atom. The fraction of sp³-hybridized carbons (Fsp3) is 0.0625. The summed E-state index contributed by atoms with van der Waals surface area (Å²) in [4.78, 5) is 4.18. The number of hydrogen-bond donors (Lipinski definition) is 2. The molecular weight excluding hydrogens is 314 g/mol. The van der Waals surface area contributed by atoms with Gasteiger partial charge < -0.3 is 11.1 Å². The molecule has 0 bridgehead atoms. The third-order valence-corrected chi connectivity index (χ3v) is 3.78. The molecule has 0 unspecified atom stereocenters. The van der Waals surface area contributed by atoms with Crippen LogP contribution in [0.25, 0.3) is 10.8 Å². The van der Waals surface area contributed by atoms with E-state index in [1.807, 2.05) is 36.5 Å². The average molecular weight is 328 g/mol. The van der Waals surface area contributed by atoms with Crippen molar-refractivity contribution in [3.05, 3.63) is 64.9 Å². The number of anilines is 2. The number of aromatic nitrogens is 1. The Balaban J connectivity index is 1.88. The number of nitrogen functional groups attached to an aromatic ring is 1. The predicted octanol–water partition coefficient (Wildman–Crippen LogP) is 4.19. The van der Waals surface area contributed by atoms with Gasteiger partial charge in [-0.05, 0) is 35.9 Å². The van der Waals surface area contributed by atoms with Crippen molar-refractivity contribution in [1.29, 1.82) is 0 Å². The van der Waals surface area contributed by atoms with Crippen molar-refractivity contribution in [1.82, 2.24) is 4.98 Å². The van der Waals surface area contributed by atoms with E-state index in [0.29, 0.717) is 0 Å². The molecule has 0 saturated heterocycles. The first-order valence-corrected chi connectivity index (χ1v) is 7.14. The fourth-order valence-electron chi connectivity index (χ4n) is 2.17. The number of halogens is 1. The van der Waals surface area contributed by atoms with Gasteiger partial charge >= 0.3 is 0 Å². The Morgan fingerprint density at radius 2 is 1.80 bits per heavy atom. The Morgan fingerprint density at radius 1 is 1.00 bits per heavy atom. The predicted molar refractivity (Wildman–Crippen MR) is 87.6 cm³/mol. The molecule has 0 aliphatic carbocycles. The molecule has 0 fully saturated rings. The molecule has 3 aromatic rings. The maximum Gasteiger partial charge on any atom is 0.0439 e. The van der Waals surface area contributed by atoms with Crippen LogP contribution < -0.4 is 11.1 Å². The quantitative estimate of drug-likeness (QED) is 0.709. The number of hydrogen-bond acceptors (Lipinski definition) is 3. The molecule has 100 valence electrons. The molecule has 2 aromatic carbocycles. The van der Waals surface area contributed by atoms with Crippen LogP contribution in [0.4, 0.5) is 11.4 Å². The fourth-order valence-corrected chi connectivity index (χ4v) is 2.43. The van der Waals surface area contributed by atoms with E-state index < -0.39 is 0 Å². The van der Waals surface area contributed by atoms with Gasteiger partial charge in [0.1, 0.15) is 0 Å². The number of nitrogens with zero attached hydrogens (tertiary/aromatic N) is 1. The normalized spacial score (nSPS) is 10.7. The molecule has 3 nitrogen and oxygen atoms in total. The van der Waals surface area contributed by atoms with Gasteiger partial charge in [-0.1, -0.05) is 28.1 Å². The molecule has 0 aliphatic rings. The molecule has 1 heterocycles. The van der Waals surface area contributed by atoms with Gasteiger partial charge in [0, 0.05) is 45.6 Å². The summed E-state index contributed by atoms with van der Waals surface area (Å²) < 4.78 is 1.09. The lowest BCUT2D eigenvalue weighted by molar-refractivity contribution is 1.15. The average Bonchev–Trinajstić information content (AvgIpc) is 2.49. The minimum Gasteiger partial charge on any atom is -0.398 e. The molecule has 0 aliphatic heterocycles. The van der Waals surface area contributed by atoms with E-state index in [1.165, 1.54) is 5.56 Å². The summed E-state index contributed by atoms with van der Waals surface area (Å²) in [6.45, 7) is 0.765. The summed E-state index contributed by atoms with van der Waals surface area (Å²) in [5, 5.41) is 5.51. The first-order chi connectivity index (χ1) is 9.74. The standard InChI is InChI=1S/C16H14BrN3/c17-12-3-1-11(2-4-12)9-20-16-6-5-15(18)13-7-8-19-10-14(13)16/h1-8,10,20H,9,18H2. The highest BCUT2D eigenvalue weighted by Gasteiger charge is 2.03. The Labute approximate surface area is 126 Å². The number of benzene rings is 2. The van der Waals surface area contributed by atoms with Crippen LogP contribution in [-0.4, -0.2) is 4.98 Å². The van der Waals surface area contributed by atoms with E-state index in [-0.39, 0.29) is 0 Å². The lowest BCUT2D eigenvalue weighted by Crippen LogP contribution is -2.00. The van der Waals surface area contributed by atoms with Gasteiger partial charge in [-0.25, -0.2) is 0 Å². The van der Waals surface area contributed by atoms with Crippen molar-refractivity contribution >= 4 is 38.1 Å². The second-order valence-corrected chi connectivity index (χ2v) is 5.52. The summed E-state index contributed by atoms with van der Waals surface area (Å²) >= 11 is 3.44. The summed E-state index contributed by atoms with van der Waals surface area (Å²) in [6.07, 6.45) is 3.60.